The Kier molecular flexibility index (Phi) is 8.29. The van der Waals surface area contributed by atoms with Gasteiger partial charge in [0.1, 0.15) is 18.9 Å². The van der Waals surface area contributed by atoms with Gasteiger partial charge in [0.25, 0.3) is 5.91 Å². The summed E-state index contributed by atoms with van der Waals surface area (Å²) in [6.07, 6.45) is 1.67. The van der Waals surface area contributed by atoms with Crippen molar-refractivity contribution >= 4 is 46.1 Å². The smallest absolute Gasteiger partial charge is 0.264 e. The Morgan fingerprint density at radius 3 is 2.65 bits per heavy atom. The molecule has 0 bridgehead atoms. The van der Waals surface area contributed by atoms with Crippen molar-refractivity contribution in [1.29, 1.82) is 0 Å². The van der Waals surface area contributed by atoms with Crippen molar-refractivity contribution in [2.75, 3.05) is 26.2 Å². The summed E-state index contributed by atoms with van der Waals surface area (Å²) < 4.78 is 6.07. The van der Waals surface area contributed by atoms with Crippen molar-refractivity contribution in [2.45, 2.75) is 32.7 Å². The second kappa shape index (κ2) is 11.4. The van der Waals surface area contributed by atoms with E-state index in [1.54, 1.807) is 28.4 Å². The largest absolute Gasteiger partial charge is 0.491 e. The number of ether oxygens (including phenoxy) is 1. The molecule has 2 aromatic heterocycles. The van der Waals surface area contributed by atoms with Crippen LogP contribution in [0.2, 0.25) is 5.02 Å². The van der Waals surface area contributed by atoms with Crippen LogP contribution in [0.1, 0.15) is 46.4 Å². The molecular weight excluding hydrogens is 488 g/mol. The highest BCUT2D eigenvalue weighted by atomic mass is 35.5. The van der Waals surface area contributed by atoms with E-state index in [1.165, 1.54) is 16.2 Å². The first-order chi connectivity index (χ1) is 16.4. The molecule has 1 unspecified atom stereocenters. The molecule has 0 fully saturated rings. The van der Waals surface area contributed by atoms with Gasteiger partial charge in [-0.1, -0.05) is 31.5 Å². The summed E-state index contributed by atoms with van der Waals surface area (Å²) in [6.45, 7) is 5.85. The number of carbonyl (C=O) groups is 2. The average molecular weight is 517 g/mol. The highest BCUT2D eigenvalue weighted by Gasteiger charge is 2.33. The van der Waals surface area contributed by atoms with Crippen LogP contribution in [-0.2, 0) is 11.2 Å². The van der Waals surface area contributed by atoms with E-state index < -0.39 is 0 Å². The number of halogens is 1. The van der Waals surface area contributed by atoms with Crippen LogP contribution in [0, 0.1) is 5.92 Å². The molecule has 180 valence electrons. The number of nitrogens with zero attached hydrogens (tertiary/aromatic N) is 2. The highest BCUT2D eigenvalue weighted by molar-refractivity contribution is 7.12. The molecule has 0 saturated carbocycles. The zero-order valence-corrected chi connectivity index (χ0v) is 21.8. The second-order valence-electron chi connectivity index (χ2n) is 8.80. The van der Waals surface area contributed by atoms with Crippen molar-refractivity contribution in [1.82, 2.24) is 9.80 Å². The molecule has 0 radical (unpaired) electrons. The van der Waals surface area contributed by atoms with Gasteiger partial charge < -0.3 is 14.5 Å². The molecule has 1 aliphatic heterocycles. The monoisotopic (exact) mass is 516 g/mol. The standard InChI is InChI=1S/C26H29ClN2O3S2/c1-18(2)9-12-28(26(31)24-4-3-14-33-24)16-25(30)29-13-10-23-21(11-15-34-23)22(29)17-32-20-7-5-19(27)6-8-20/h3-8,11,14-15,18,22H,9-10,12-13,16-17H2,1-2H3. The summed E-state index contributed by atoms with van der Waals surface area (Å²) in [5.74, 6) is 1.03. The first kappa shape index (κ1) is 24.8. The highest BCUT2D eigenvalue weighted by Crippen LogP contribution is 2.34. The third kappa shape index (κ3) is 6.01. The zero-order chi connectivity index (χ0) is 24.1. The predicted molar refractivity (Wildman–Crippen MR) is 139 cm³/mol. The van der Waals surface area contributed by atoms with Crippen molar-refractivity contribution < 1.29 is 14.3 Å². The van der Waals surface area contributed by atoms with Crippen LogP contribution in [0.25, 0.3) is 0 Å². The number of rotatable bonds is 9. The van der Waals surface area contributed by atoms with E-state index in [1.807, 2.05) is 34.5 Å². The van der Waals surface area contributed by atoms with E-state index >= 15 is 0 Å². The van der Waals surface area contributed by atoms with Gasteiger partial charge in [-0.2, -0.15) is 0 Å². The topological polar surface area (TPSA) is 49.9 Å². The maximum atomic E-state index is 13.6. The SMILES string of the molecule is CC(C)CCN(CC(=O)N1CCc2sccc2C1COc1ccc(Cl)cc1)C(=O)c1cccs1. The number of amides is 2. The van der Waals surface area contributed by atoms with Crippen LogP contribution >= 0.6 is 34.3 Å². The lowest BCUT2D eigenvalue weighted by molar-refractivity contribution is -0.135. The Morgan fingerprint density at radius 1 is 1.15 bits per heavy atom. The number of hydrogen-bond donors (Lipinski definition) is 0. The van der Waals surface area contributed by atoms with Crippen molar-refractivity contribution in [3.63, 3.8) is 0 Å². The van der Waals surface area contributed by atoms with Gasteiger partial charge in [0, 0.05) is 23.0 Å². The summed E-state index contributed by atoms with van der Waals surface area (Å²) in [7, 11) is 0. The molecular formula is C26H29ClN2O3S2. The first-order valence-corrected chi connectivity index (χ1v) is 13.6. The fraction of sp³-hybridized carbons (Fsp3) is 0.385. The minimum atomic E-state index is -0.193. The van der Waals surface area contributed by atoms with Crippen LogP contribution < -0.4 is 4.74 Å². The van der Waals surface area contributed by atoms with Gasteiger partial charge >= 0.3 is 0 Å². The van der Waals surface area contributed by atoms with Crippen LogP contribution in [0.15, 0.2) is 53.2 Å². The van der Waals surface area contributed by atoms with Crippen molar-refractivity contribution in [3.8, 4) is 5.75 Å². The Labute approximate surface area is 213 Å². The first-order valence-electron chi connectivity index (χ1n) is 11.5. The van der Waals surface area contributed by atoms with Gasteiger partial charge in [-0.3, -0.25) is 9.59 Å². The summed E-state index contributed by atoms with van der Waals surface area (Å²) in [4.78, 5) is 32.3. The molecule has 0 aliphatic carbocycles. The molecule has 8 heteroatoms. The number of thiophene rings is 2. The molecule has 0 saturated heterocycles. The van der Waals surface area contributed by atoms with E-state index in [0.717, 1.165) is 18.4 Å². The van der Waals surface area contributed by atoms with Crippen LogP contribution in [0.3, 0.4) is 0 Å². The fourth-order valence-electron chi connectivity index (χ4n) is 4.06. The number of carbonyl (C=O) groups excluding carboxylic acids is 2. The third-order valence-corrected chi connectivity index (χ3v) is 8.06. The molecule has 34 heavy (non-hydrogen) atoms. The van der Waals surface area contributed by atoms with Gasteiger partial charge in [0.15, 0.2) is 0 Å². The Bertz CT molecular complexity index is 1100. The van der Waals surface area contributed by atoms with Gasteiger partial charge in [0.05, 0.1) is 10.9 Å². The van der Waals surface area contributed by atoms with Gasteiger partial charge in [0.2, 0.25) is 5.91 Å². The molecule has 1 aliphatic rings. The number of hydrogen-bond acceptors (Lipinski definition) is 5. The summed E-state index contributed by atoms with van der Waals surface area (Å²) in [5.41, 5.74) is 1.14. The van der Waals surface area contributed by atoms with E-state index in [-0.39, 0.29) is 24.4 Å². The van der Waals surface area contributed by atoms with E-state index in [2.05, 4.69) is 25.3 Å². The van der Waals surface area contributed by atoms with E-state index in [9.17, 15) is 9.59 Å². The molecule has 0 N–H and O–H groups in total. The van der Waals surface area contributed by atoms with Gasteiger partial charge in [-0.25, -0.2) is 0 Å². The Hall–Kier alpha value is -2.35. The molecule has 0 spiro atoms. The summed E-state index contributed by atoms with van der Waals surface area (Å²) >= 11 is 9.13. The lowest BCUT2D eigenvalue weighted by atomic mass is 10.0. The van der Waals surface area contributed by atoms with E-state index in [0.29, 0.717) is 41.3 Å². The lowest BCUT2D eigenvalue weighted by Gasteiger charge is -2.37. The molecule has 1 aromatic carbocycles. The Morgan fingerprint density at radius 2 is 1.94 bits per heavy atom. The van der Waals surface area contributed by atoms with Crippen molar-refractivity contribution in [2.24, 2.45) is 5.92 Å². The molecule has 5 nitrogen and oxygen atoms in total. The van der Waals surface area contributed by atoms with Crippen molar-refractivity contribution in [3.05, 3.63) is 73.6 Å². The normalized spacial score (nSPS) is 15.3. The molecule has 2 amide bonds. The molecule has 1 atom stereocenters. The number of fused-ring (bicyclic) bond motifs is 1. The third-order valence-electron chi connectivity index (χ3n) is 5.96. The van der Waals surface area contributed by atoms with Gasteiger partial charge in [-0.05, 0) is 71.5 Å². The van der Waals surface area contributed by atoms with Crippen LogP contribution in [0.5, 0.6) is 5.75 Å². The molecule has 4 rings (SSSR count). The predicted octanol–water partition coefficient (Wildman–Crippen LogP) is 6.16. The molecule has 3 aromatic rings. The average Bonchev–Trinajstić information content (AvgIpc) is 3.53. The van der Waals surface area contributed by atoms with Crippen LogP contribution in [0.4, 0.5) is 0 Å². The molecule has 3 heterocycles. The van der Waals surface area contributed by atoms with Gasteiger partial charge in [-0.15, -0.1) is 22.7 Å². The maximum absolute atomic E-state index is 13.6. The van der Waals surface area contributed by atoms with Crippen LogP contribution in [-0.4, -0.2) is 47.9 Å². The van der Waals surface area contributed by atoms with E-state index in [4.69, 9.17) is 16.3 Å². The quantitative estimate of drug-likeness (QED) is 0.342. The number of benzene rings is 1. The maximum Gasteiger partial charge on any atom is 0.264 e. The summed E-state index contributed by atoms with van der Waals surface area (Å²) in [5, 5.41) is 4.62. The second-order valence-corrected chi connectivity index (χ2v) is 11.2. The fourth-order valence-corrected chi connectivity index (χ4v) is 5.80. The minimum absolute atomic E-state index is 0.0461. The minimum Gasteiger partial charge on any atom is -0.491 e. The Balaban J connectivity index is 1.51. The summed E-state index contributed by atoms with van der Waals surface area (Å²) in [6, 6.07) is 12.8. The zero-order valence-electron chi connectivity index (χ0n) is 19.4. The lowest BCUT2D eigenvalue weighted by Crippen LogP contribution is -2.48.